The minimum atomic E-state index is -0.0926. The standard InChI is InChI=1S/C18H16N2O3/c21-18(20-9-8-14(12-20)16-7-4-10-22-16)15-11-17(23-19-15)13-5-2-1-3-6-13/h1-7,10-11,14H,8-9,12H2. The predicted molar refractivity (Wildman–Crippen MR) is 83.9 cm³/mol. The summed E-state index contributed by atoms with van der Waals surface area (Å²) >= 11 is 0. The van der Waals surface area contributed by atoms with Crippen molar-refractivity contribution in [2.45, 2.75) is 12.3 Å². The number of likely N-dealkylation sites (tertiary alicyclic amines) is 1. The van der Waals surface area contributed by atoms with Gasteiger partial charge in [-0.1, -0.05) is 35.5 Å². The Bertz CT molecular complexity index is 793. The Morgan fingerprint density at radius 3 is 2.83 bits per heavy atom. The van der Waals surface area contributed by atoms with Gasteiger partial charge in [0, 0.05) is 30.6 Å². The first-order valence-corrected chi connectivity index (χ1v) is 7.66. The van der Waals surface area contributed by atoms with Crippen molar-refractivity contribution in [1.29, 1.82) is 0 Å². The molecular formula is C18H16N2O3. The fraction of sp³-hybridized carbons (Fsp3) is 0.222. The molecule has 1 aliphatic heterocycles. The van der Waals surface area contributed by atoms with E-state index in [2.05, 4.69) is 5.16 Å². The van der Waals surface area contributed by atoms with Crippen molar-refractivity contribution in [2.75, 3.05) is 13.1 Å². The van der Waals surface area contributed by atoms with Crippen LogP contribution in [0.5, 0.6) is 0 Å². The second-order valence-electron chi connectivity index (χ2n) is 5.69. The summed E-state index contributed by atoms with van der Waals surface area (Å²) in [6.07, 6.45) is 2.58. The lowest BCUT2D eigenvalue weighted by molar-refractivity contribution is 0.0780. The number of hydrogen-bond acceptors (Lipinski definition) is 4. The van der Waals surface area contributed by atoms with Crippen LogP contribution in [0.15, 0.2) is 63.7 Å². The monoisotopic (exact) mass is 308 g/mol. The van der Waals surface area contributed by atoms with Gasteiger partial charge in [-0.25, -0.2) is 0 Å². The number of furan rings is 1. The summed E-state index contributed by atoms with van der Waals surface area (Å²) in [5, 5.41) is 3.94. The molecule has 0 N–H and O–H groups in total. The Morgan fingerprint density at radius 1 is 1.17 bits per heavy atom. The molecule has 3 heterocycles. The molecule has 1 unspecified atom stereocenters. The van der Waals surface area contributed by atoms with Crippen LogP contribution >= 0.6 is 0 Å². The lowest BCUT2D eigenvalue weighted by Gasteiger charge is -2.13. The molecule has 0 radical (unpaired) electrons. The van der Waals surface area contributed by atoms with Crippen LogP contribution in [0.4, 0.5) is 0 Å². The van der Waals surface area contributed by atoms with Crippen molar-refractivity contribution < 1.29 is 13.7 Å². The third-order valence-electron chi connectivity index (χ3n) is 4.21. The summed E-state index contributed by atoms with van der Waals surface area (Å²) in [5.41, 5.74) is 1.26. The van der Waals surface area contributed by atoms with Gasteiger partial charge in [0.25, 0.3) is 5.91 Å². The second-order valence-corrected chi connectivity index (χ2v) is 5.69. The molecule has 0 aliphatic carbocycles. The summed E-state index contributed by atoms with van der Waals surface area (Å²) in [6, 6.07) is 15.2. The molecule has 1 amide bonds. The van der Waals surface area contributed by atoms with Crippen LogP contribution < -0.4 is 0 Å². The fourth-order valence-electron chi connectivity index (χ4n) is 2.98. The molecule has 23 heavy (non-hydrogen) atoms. The summed E-state index contributed by atoms with van der Waals surface area (Å²) < 4.78 is 10.8. The quantitative estimate of drug-likeness (QED) is 0.742. The lowest BCUT2D eigenvalue weighted by Crippen LogP contribution is -2.28. The molecule has 4 rings (SSSR count). The highest BCUT2D eigenvalue weighted by Crippen LogP contribution is 2.29. The highest BCUT2D eigenvalue weighted by Gasteiger charge is 2.30. The van der Waals surface area contributed by atoms with Crippen LogP contribution in [-0.4, -0.2) is 29.1 Å². The minimum absolute atomic E-state index is 0.0926. The molecule has 1 aliphatic rings. The molecule has 1 fully saturated rings. The Morgan fingerprint density at radius 2 is 2.04 bits per heavy atom. The van der Waals surface area contributed by atoms with Gasteiger partial charge in [0.15, 0.2) is 11.5 Å². The number of carbonyl (C=O) groups is 1. The van der Waals surface area contributed by atoms with Crippen molar-refractivity contribution in [3.63, 3.8) is 0 Å². The van der Waals surface area contributed by atoms with Crippen molar-refractivity contribution in [3.8, 4) is 11.3 Å². The van der Waals surface area contributed by atoms with Gasteiger partial charge in [-0.15, -0.1) is 0 Å². The molecule has 0 bridgehead atoms. The Labute approximate surface area is 133 Å². The van der Waals surface area contributed by atoms with Crippen LogP contribution in [0.1, 0.15) is 28.6 Å². The first-order chi connectivity index (χ1) is 11.3. The molecule has 1 atom stereocenters. The van der Waals surface area contributed by atoms with Gasteiger partial charge < -0.3 is 13.8 Å². The molecule has 1 aromatic carbocycles. The molecule has 116 valence electrons. The van der Waals surface area contributed by atoms with E-state index in [9.17, 15) is 4.79 Å². The van der Waals surface area contributed by atoms with Crippen molar-refractivity contribution >= 4 is 5.91 Å². The van der Waals surface area contributed by atoms with Crippen molar-refractivity contribution in [1.82, 2.24) is 10.1 Å². The second kappa shape index (κ2) is 5.76. The van der Waals surface area contributed by atoms with E-state index in [1.54, 1.807) is 17.2 Å². The van der Waals surface area contributed by atoms with E-state index < -0.39 is 0 Å². The van der Waals surface area contributed by atoms with E-state index in [1.807, 2.05) is 42.5 Å². The highest BCUT2D eigenvalue weighted by molar-refractivity contribution is 5.93. The lowest BCUT2D eigenvalue weighted by atomic mass is 10.1. The maximum atomic E-state index is 12.6. The third-order valence-corrected chi connectivity index (χ3v) is 4.21. The molecular weight excluding hydrogens is 292 g/mol. The number of rotatable bonds is 3. The van der Waals surface area contributed by atoms with E-state index >= 15 is 0 Å². The predicted octanol–water partition coefficient (Wildman–Crippen LogP) is 3.56. The first kappa shape index (κ1) is 13.8. The van der Waals surface area contributed by atoms with E-state index in [1.165, 1.54) is 0 Å². The molecule has 5 heteroatoms. The van der Waals surface area contributed by atoms with Gasteiger partial charge in [-0.2, -0.15) is 0 Å². The van der Waals surface area contributed by atoms with Gasteiger partial charge >= 0.3 is 0 Å². The van der Waals surface area contributed by atoms with Crippen LogP contribution in [0, 0.1) is 0 Å². The highest BCUT2D eigenvalue weighted by atomic mass is 16.5. The molecule has 1 saturated heterocycles. The average molecular weight is 308 g/mol. The number of aromatic nitrogens is 1. The fourth-order valence-corrected chi connectivity index (χ4v) is 2.98. The maximum Gasteiger partial charge on any atom is 0.276 e. The number of hydrogen-bond donors (Lipinski definition) is 0. The van der Waals surface area contributed by atoms with Crippen LogP contribution in [-0.2, 0) is 0 Å². The molecule has 5 nitrogen and oxygen atoms in total. The van der Waals surface area contributed by atoms with Crippen LogP contribution in [0.25, 0.3) is 11.3 Å². The zero-order valence-electron chi connectivity index (χ0n) is 12.5. The van der Waals surface area contributed by atoms with Crippen molar-refractivity contribution in [3.05, 3.63) is 66.2 Å². The van der Waals surface area contributed by atoms with Crippen LogP contribution in [0.3, 0.4) is 0 Å². The number of nitrogens with zero attached hydrogens (tertiary/aromatic N) is 2. The van der Waals surface area contributed by atoms with E-state index in [0.29, 0.717) is 24.5 Å². The van der Waals surface area contributed by atoms with Gasteiger partial charge in [0.1, 0.15) is 5.76 Å². The third kappa shape index (κ3) is 2.65. The zero-order valence-corrected chi connectivity index (χ0v) is 12.5. The SMILES string of the molecule is O=C(c1cc(-c2ccccc2)on1)N1CCC(c2ccco2)C1. The van der Waals surface area contributed by atoms with E-state index in [0.717, 1.165) is 17.7 Å². The molecule has 0 saturated carbocycles. The summed E-state index contributed by atoms with van der Waals surface area (Å²) in [5.74, 6) is 1.71. The number of benzene rings is 1. The molecule has 3 aromatic rings. The smallest absolute Gasteiger partial charge is 0.276 e. The van der Waals surface area contributed by atoms with Crippen molar-refractivity contribution in [2.24, 2.45) is 0 Å². The van der Waals surface area contributed by atoms with Crippen LogP contribution in [0.2, 0.25) is 0 Å². The largest absolute Gasteiger partial charge is 0.469 e. The summed E-state index contributed by atoms with van der Waals surface area (Å²) in [6.45, 7) is 1.36. The first-order valence-electron chi connectivity index (χ1n) is 7.66. The normalized spacial score (nSPS) is 17.6. The Hall–Kier alpha value is -2.82. The Kier molecular flexibility index (Phi) is 3.46. The Balaban J connectivity index is 1.49. The number of amides is 1. The van der Waals surface area contributed by atoms with Gasteiger partial charge in [0.2, 0.25) is 0 Å². The molecule has 2 aromatic heterocycles. The van der Waals surface area contributed by atoms with Gasteiger partial charge in [0.05, 0.1) is 6.26 Å². The van der Waals surface area contributed by atoms with Gasteiger partial charge in [-0.3, -0.25) is 4.79 Å². The topological polar surface area (TPSA) is 59.5 Å². The zero-order chi connectivity index (χ0) is 15.6. The maximum absolute atomic E-state index is 12.6. The van der Waals surface area contributed by atoms with Gasteiger partial charge in [-0.05, 0) is 18.6 Å². The summed E-state index contributed by atoms with van der Waals surface area (Å²) in [4.78, 5) is 14.4. The summed E-state index contributed by atoms with van der Waals surface area (Å²) in [7, 11) is 0. The average Bonchev–Trinajstić information content (AvgIpc) is 3.35. The minimum Gasteiger partial charge on any atom is -0.469 e. The van der Waals surface area contributed by atoms with E-state index in [-0.39, 0.29) is 11.8 Å². The van der Waals surface area contributed by atoms with E-state index in [4.69, 9.17) is 8.94 Å². The number of carbonyl (C=O) groups excluding carboxylic acids is 1. The molecule has 0 spiro atoms.